The Bertz CT molecular complexity index is 1560. The van der Waals surface area contributed by atoms with Crippen LogP contribution in [0.15, 0.2) is 71.5 Å². The highest BCUT2D eigenvalue weighted by atomic mass is 32.1. The number of carbonyl (C=O) groups excluding carboxylic acids is 1. The normalized spacial score (nSPS) is 11.1. The lowest BCUT2D eigenvalue weighted by atomic mass is 10.1. The number of rotatable bonds is 5. The lowest BCUT2D eigenvalue weighted by Gasteiger charge is -2.12. The average molecular weight is 457 g/mol. The van der Waals surface area contributed by atoms with Crippen molar-refractivity contribution in [3.63, 3.8) is 0 Å². The van der Waals surface area contributed by atoms with E-state index in [0.29, 0.717) is 27.5 Å². The van der Waals surface area contributed by atoms with E-state index >= 15 is 0 Å². The van der Waals surface area contributed by atoms with Gasteiger partial charge in [0, 0.05) is 10.9 Å². The van der Waals surface area contributed by atoms with Crippen molar-refractivity contribution >= 4 is 43.4 Å². The summed E-state index contributed by atoms with van der Waals surface area (Å²) >= 11 is 1.30. The third kappa shape index (κ3) is 3.85. The molecule has 0 fully saturated rings. The van der Waals surface area contributed by atoms with Crippen LogP contribution in [-0.4, -0.2) is 27.6 Å². The van der Waals surface area contributed by atoms with E-state index in [4.69, 9.17) is 9.72 Å². The van der Waals surface area contributed by atoms with Crippen LogP contribution >= 0.6 is 11.3 Å². The van der Waals surface area contributed by atoms with Crippen molar-refractivity contribution in [2.75, 3.05) is 12.4 Å². The molecule has 33 heavy (non-hydrogen) atoms. The minimum Gasteiger partial charge on any atom is -0.495 e. The summed E-state index contributed by atoms with van der Waals surface area (Å²) in [7, 11) is 1.54. The first kappa shape index (κ1) is 20.8. The zero-order valence-corrected chi connectivity index (χ0v) is 18.8. The zero-order valence-electron chi connectivity index (χ0n) is 18.0. The van der Waals surface area contributed by atoms with Gasteiger partial charge in [-0.05, 0) is 31.2 Å². The lowest BCUT2D eigenvalue weighted by Crippen LogP contribution is -2.29. The largest absolute Gasteiger partial charge is 0.495 e. The molecule has 0 aliphatic heterocycles. The standard InChI is InChI=1S/C25H20N4O3S/c1-15-26-22-17-12-13-18(16-8-4-3-5-9-16)28-24(17)33-23(22)25(31)29(15)14-21(30)27-19-10-6-7-11-20(19)32-2/h3-13H,14H2,1-2H3,(H,27,30). The zero-order chi connectivity index (χ0) is 22.9. The number of nitrogens with zero attached hydrogens (tertiary/aromatic N) is 3. The van der Waals surface area contributed by atoms with Crippen LogP contribution in [0.5, 0.6) is 5.75 Å². The average Bonchev–Trinajstić information content (AvgIpc) is 3.20. The number of nitrogens with one attached hydrogen (secondary N) is 1. The Labute approximate surface area is 193 Å². The van der Waals surface area contributed by atoms with Crippen molar-refractivity contribution < 1.29 is 9.53 Å². The Balaban J connectivity index is 1.51. The van der Waals surface area contributed by atoms with Gasteiger partial charge in [0.25, 0.3) is 5.56 Å². The molecule has 0 atom stereocenters. The summed E-state index contributed by atoms with van der Waals surface area (Å²) < 4.78 is 7.15. The smallest absolute Gasteiger partial charge is 0.272 e. The third-order valence-corrected chi connectivity index (χ3v) is 6.46. The number of benzene rings is 2. The molecule has 0 unspecified atom stereocenters. The van der Waals surface area contributed by atoms with Crippen LogP contribution in [-0.2, 0) is 11.3 Å². The number of para-hydroxylation sites is 2. The van der Waals surface area contributed by atoms with Gasteiger partial charge in [0.05, 0.1) is 24.0 Å². The Morgan fingerprint density at radius 2 is 1.79 bits per heavy atom. The monoisotopic (exact) mass is 456 g/mol. The summed E-state index contributed by atoms with van der Waals surface area (Å²) in [6.45, 7) is 1.58. The maximum atomic E-state index is 13.3. The summed E-state index contributed by atoms with van der Waals surface area (Å²) in [4.78, 5) is 36.1. The van der Waals surface area contributed by atoms with Crippen LogP contribution in [0.4, 0.5) is 5.69 Å². The minimum absolute atomic E-state index is 0.150. The summed E-state index contributed by atoms with van der Waals surface area (Å²) in [6, 6.07) is 20.9. The van der Waals surface area contributed by atoms with Gasteiger partial charge in [-0.2, -0.15) is 0 Å². The quantitative estimate of drug-likeness (QED) is 0.417. The van der Waals surface area contributed by atoms with Crippen LogP contribution in [0.1, 0.15) is 5.82 Å². The van der Waals surface area contributed by atoms with Crippen molar-refractivity contribution in [2.24, 2.45) is 0 Å². The summed E-state index contributed by atoms with van der Waals surface area (Å²) in [5, 5.41) is 3.64. The molecular formula is C25H20N4O3S. The molecule has 0 bridgehead atoms. The minimum atomic E-state index is -0.337. The fourth-order valence-electron chi connectivity index (χ4n) is 3.75. The number of pyridine rings is 1. The molecule has 1 N–H and O–H groups in total. The number of aryl methyl sites for hydroxylation is 1. The third-order valence-electron chi connectivity index (χ3n) is 5.39. The second kappa shape index (κ2) is 8.48. The van der Waals surface area contributed by atoms with Crippen LogP contribution < -0.4 is 15.6 Å². The molecular weight excluding hydrogens is 436 g/mol. The molecule has 1 amide bonds. The SMILES string of the molecule is COc1ccccc1NC(=O)Cn1c(C)nc2c(sc3nc(-c4ccccc4)ccc32)c1=O. The number of hydrogen-bond acceptors (Lipinski definition) is 6. The number of hydrogen-bond donors (Lipinski definition) is 1. The molecule has 164 valence electrons. The molecule has 7 nitrogen and oxygen atoms in total. The predicted molar refractivity (Wildman–Crippen MR) is 131 cm³/mol. The van der Waals surface area contributed by atoms with Gasteiger partial charge >= 0.3 is 0 Å². The van der Waals surface area contributed by atoms with Crippen LogP contribution in [0.3, 0.4) is 0 Å². The maximum absolute atomic E-state index is 13.3. The molecule has 0 saturated carbocycles. The van der Waals surface area contributed by atoms with Gasteiger partial charge in [0.2, 0.25) is 5.91 Å². The summed E-state index contributed by atoms with van der Waals surface area (Å²) in [6.07, 6.45) is 0. The van der Waals surface area contributed by atoms with Crippen molar-refractivity contribution in [2.45, 2.75) is 13.5 Å². The van der Waals surface area contributed by atoms with Crippen molar-refractivity contribution in [3.8, 4) is 17.0 Å². The number of aromatic nitrogens is 3. The molecule has 0 aliphatic rings. The van der Waals surface area contributed by atoms with E-state index in [-0.39, 0.29) is 18.0 Å². The molecule has 3 heterocycles. The molecule has 2 aromatic carbocycles. The first-order valence-electron chi connectivity index (χ1n) is 10.3. The highest BCUT2D eigenvalue weighted by molar-refractivity contribution is 7.25. The van der Waals surface area contributed by atoms with Crippen molar-refractivity contribution in [1.29, 1.82) is 0 Å². The number of fused-ring (bicyclic) bond motifs is 3. The lowest BCUT2D eigenvalue weighted by molar-refractivity contribution is -0.116. The molecule has 3 aromatic heterocycles. The van der Waals surface area contributed by atoms with Crippen LogP contribution in [0.2, 0.25) is 0 Å². The van der Waals surface area contributed by atoms with Gasteiger partial charge in [-0.3, -0.25) is 14.2 Å². The summed E-state index contributed by atoms with van der Waals surface area (Å²) in [5.74, 6) is 0.680. The van der Waals surface area contributed by atoms with Gasteiger partial charge in [-0.15, -0.1) is 11.3 Å². The fraction of sp³-hybridized carbons (Fsp3) is 0.120. The first-order chi connectivity index (χ1) is 16.0. The first-order valence-corrected chi connectivity index (χ1v) is 11.2. The van der Waals surface area contributed by atoms with E-state index in [1.807, 2.05) is 48.5 Å². The van der Waals surface area contributed by atoms with Crippen molar-refractivity contribution in [1.82, 2.24) is 14.5 Å². The van der Waals surface area contributed by atoms with Gasteiger partial charge in [0.15, 0.2) is 0 Å². The summed E-state index contributed by atoms with van der Waals surface area (Å²) in [5.41, 5.74) is 2.75. The Morgan fingerprint density at radius 1 is 1.03 bits per heavy atom. The van der Waals surface area contributed by atoms with E-state index in [1.165, 1.54) is 23.0 Å². The van der Waals surface area contributed by atoms with E-state index in [0.717, 1.165) is 21.5 Å². The van der Waals surface area contributed by atoms with Gasteiger partial charge < -0.3 is 10.1 Å². The van der Waals surface area contributed by atoms with Crippen LogP contribution in [0, 0.1) is 6.92 Å². The number of methoxy groups -OCH3 is 1. The Kier molecular flexibility index (Phi) is 5.35. The Morgan fingerprint density at radius 3 is 2.58 bits per heavy atom. The molecule has 0 saturated heterocycles. The highest BCUT2D eigenvalue weighted by Gasteiger charge is 2.17. The number of carbonyl (C=O) groups is 1. The number of amides is 1. The number of anilines is 1. The molecule has 0 aliphatic carbocycles. The second-order valence-electron chi connectivity index (χ2n) is 7.49. The molecule has 0 radical (unpaired) electrons. The molecule has 5 aromatic rings. The number of thiophene rings is 1. The van der Waals surface area contributed by atoms with Gasteiger partial charge in [-0.1, -0.05) is 42.5 Å². The second-order valence-corrected chi connectivity index (χ2v) is 8.49. The fourth-order valence-corrected chi connectivity index (χ4v) is 4.81. The van der Waals surface area contributed by atoms with Crippen LogP contribution in [0.25, 0.3) is 31.7 Å². The molecule has 0 spiro atoms. The van der Waals surface area contributed by atoms with Gasteiger partial charge in [-0.25, -0.2) is 9.97 Å². The molecule has 5 rings (SSSR count). The maximum Gasteiger partial charge on any atom is 0.272 e. The predicted octanol–water partition coefficient (Wildman–Crippen LogP) is 4.63. The van der Waals surface area contributed by atoms with E-state index in [1.54, 1.807) is 25.1 Å². The van der Waals surface area contributed by atoms with Crippen molar-refractivity contribution in [3.05, 3.63) is 82.9 Å². The topological polar surface area (TPSA) is 86.1 Å². The van der Waals surface area contributed by atoms with E-state index in [9.17, 15) is 9.59 Å². The molecule has 8 heteroatoms. The Hall–Kier alpha value is -4.04. The van der Waals surface area contributed by atoms with E-state index in [2.05, 4.69) is 10.3 Å². The van der Waals surface area contributed by atoms with Gasteiger partial charge in [0.1, 0.15) is 27.6 Å². The highest BCUT2D eigenvalue weighted by Crippen LogP contribution is 2.31. The van der Waals surface area contributed by atoms with E-state index < -0.39 is 0 Å². The number of ether oxygens (including phenoxy) is 1.